The lowest BCUT2D eigenvalue weighted by Gasteiger charge is -2.34. The number of carbonyl (C=O) groups is 1. The van der Waals surface area contributed by atoms with Crippen LogP contribution in [0.15, 0.2) is 17.1 Å². The number of primary amides is 1. The molecular formula is C11H16N2O5. The summed E-state index contributed by atoms with van der Waals surface area (Å²) in [5.74, 6) is -0.689. The zero-order valence-electron chi connectivity index (χ0n) is 9.64. The first kappa shape index (κ1) is 13.2. The molecule has 1 saturated heterocycles. The van der Waals surface area contributed by atoms with Gasteiger partial charge in [0, 0.05) is 6.21 Å². The number of aliphatic hydroxyl groups excluding tert-OH is 3. The second kappa shape index (κ2) is 4.77. The van der Waals surface area contributed by atoms with Gasteiger partial charge in [0.25, 0.3) is 0 Å². The van der Waals surface area contributed by atoms with E-state index in [2.05, 4.69) is 4.99 Å². The lowest BCUT2D eigenvalue weighted by molar-refractivity contribution is -0.136. The van der Waals surface area contributed by atoms with Gasteiger partial charge in [-0.05, 0) is 6.08 Å². The summed E-state index contributed by atoms with van der Waals surface area (Å²) >= 11 is 0. The van der Waals surface area contributed by atoms with Crippen LogP contribution >= 0.6 is 0 Å². The number of nitrogens with zero attached hydrogens (tertiary/aromatic N) is 1. The van der Waals surface area contributed by atoms with Gasteiger partial charge in [0.15, 0.2) is 0 Å². The Bertz CT molecular complexity index is 397. The minimum absolute atomic E-state index is 0.0471. The number of hydrogen-bond donors (Lipinski definition) is 4. The van der Waals surface area contributed by atoms with Crippen LogP contribution in [0, 0.1) is 5.41 Å². The smallest absolute Gasteiger partial charge is 0.232 e. The topological polar surface area (TPSA) is 125 Å². The van der Waals surface area contributed by atoms with E-state index in [1.54, 1.807) is 6.08 Å². The van der Waals surface area contributed by atoms with Crippen molar-refractivity contribution in [1.82, 2.24) is 0 Å². The Kier molecular flexibility index (Phi) is 3.49. The Hall–Kier alpha value is -1.28. The molecule has 2 unspecified atom stereocenters. The van der Waals surface area contributed by atoms with Crippen LogP contribution in [0.3, 0.4) is 0 Å². The molecule has 7 heteroatoms. The molecule has 0 aromatic heterocycles. The molecule has 1 fully saturated rings. The maximum Gasteiger partial charge on any atom is 0.232 e. The summed E-state index contributed by atoms with van der Waals surface area (Å²) in [6.45, 7) is -0.401. The van der Waals surface area contributed by atoms with Gasteiger partial charge >= 0.3 is 0 Å². The molecule has 2 aliphatic heterocycles. The van der Waals surface area contributed by atoms with Crippen LogP contribution in [0.4, 0.5) is 0 Å². The SMILES string of the molecule is NC(=O)C1(C2O[C@H](CO)[C@@H](O)[C@H]2O)C=CC=NC1. The number of aliphatic imine (C=N–C) groups is 1. The van der Waals surface area contributed by atoms with Gasteiger partial charge in [0.1, 0.15) is 29.8 Å². The van der Waals surface area contributed by atoms with Crippen molar-refractivity contribution in [3.8, 4) is 0 Å². The number of ether oxygens (including phenoxy) is 1. The first-order valence-electron chi connectivity index (χ1n) is 5.63. The fraction of sp³-hybridized carbons (Fsp3) is 0.636. The van der Waals surface area contributed by atoms with Crippen LogP contribution in [0.5, 0.6) is 0 Å². The maximum absolute atomic E-state index is 11.7. The van der Waals surface area contributed by atoms with Crippen LogP contribution in [-0.4, -0.2) is 65.0 Å². The third kappa shape index (κ3) is 1.85. The minimum Gasteiger partial charge on any atom is -0.394 e. The quantitative estimate of drug-likeness (QED) is 0.447. The van der Waals surface area contributed by atoms with E-state index in [0.29, 0.717) is 0 Å². The number of rotatable bonds is 3. The van der Waals surface area contributed by atoms with Gasteiger partial charge in [-0.15, -0.1) is 0 Å². The van der Waals surface area contributed by atoms with Crippen molar-refractivity contribution in [2.24, 2.45) is 16.1 Å². The van der Waals surface area contributed by atoms with Crippen molar-refractivity contribution in [3.63, 3.8) is 0 Å². The van der Waals surface area contributed by atoms with E-state index in [4.69, 9.17) is 15.6 Å². The van der Waals surface area contributed by atoms with E-state index in [0.717, 1.165) is 0 Å². The Morgan fingerprint density at radius 1 is 1.50 bits per heavy atom. The highest BCUT2D eigenvalue weighted by Crippen LogP contribution is 2.37. The molecule has 100 valence electrons. The van der Waals surface area contributed by atoms with E-state index in [9.17, 15) is 15.0 Å². The summed E-state index contributed by atoms with van der Waals surface area (Å²) in [7, 11) is 0. The van der Waals surface area contributed by atoms with Crippen molar-refractivity contribution in [1.29, 1.82) is 0 Å². The molecule has 0 aromatic rings. The molecule has 0 aliphatic carbocycles. The van der Waals surface area contributed by atoms with E-state index >= 15 is 0 Å². The van der Waals surface area contributed by atoms with Crippen molar-refractivity contribution in [2.45, 2.75) is 24.4 Å². The average molecular weight is 256 g/mol. The molecule has 18 heavy (non-hydrogen) atoms. The lowest BCUT2D eigenvalue weighted by atomic mass is 9.77. The fourth-order valence-corrected chi connectivity index (χ4v) is 2.34. The average Bonchev–Trinajstić information content (AvgIpc) is 2.67. The number of hydrogen-bond acceptors (Lipinski definition) is 6. The number of nitrogens with two attached hydrogens (primary N) is 1. The first-order chi connectivity index (χ1) is 8.53. The summed E-state index contributed by atoms with van der Waals surface area (Å²) in [5, 5.41) is 28.7. The molecule has 2 heterocycles. The summed E-state index contributed by atoms with van der Waals surface area (Å²) in [4.78, 5) is 15.6. The monoisotopic (exact) mass is 256 g/mol. The largest absolute Gasteiger partial charge is 0.394 e. The maximum atomic E-state index is 11.7. The molecule has 7 nitrogen and oxygen atoms in total. The molecule has 0 saturated carbocycles. The predicted molar refractivity (Wildman–Crippen MR) is 61.9 cm³/mol. The highest BCUT2D eigenvalue weighted by molar-refractivity contribution is 5.87. The van der Waals surface area contributed by atoms with Crippen LogP contribution in [-0.2, 0) is 9.53 Å². The summed E-state index contributed by atoms with van der Waals surface area (Å²) < 4.78 is 5.36. The third-order valence-corrected chi connectivity index (χ3v) is 3.45. The van der Waals surface area contributed by atoms with E-state index in [1.807, 2.05) is 0 Å². The third-order valence-electron chi connectivity index (χ3n) is 3.45. The molecule has 5 atom stereocenters. The van der Waals surface area contributed by atoms with Gasteiger partial charge in [0.2, 0.25) is 5.91 Å². The number of allylic oxidation sites excluding steroid dienone is 1. The summed E-state index contributed by atoms with van der Waals surface area (Å²) in [5.41, 5.74) is 4.08. The van der Waals surface area contributed by atoms with Crippen molar-refractivity contribution in [3.05, 3.63) is 12.2 Å². The number of amides is 1. The Morgan fingerprint density at radius 3 is 2.67 bits per heavy atom. The predicted octanol–water partition coefficient (Wildman–Crippen LogP) is -2.42. The Labute approximate surface area is 104 Å². The van der Waals surface area contributed by atoms with Gasteiger partial charge in [-0.1, -0.05) is 6.08 Å². The van der Waals surface area contributed by atoms with Gasteiger partial charge in [-0.25, -0.2) is 0 Å². The second-order valence-electron chi connectivity index (χ2n) is 4.51. The minimum atomic E-state index is -1.30. The van der Waals surface area contributed by atoms with Gasteiger partial charge in [-0.3, -0.25) is 9.79 Å². The van der Waals surface area contributed by atoms with E-state index in [-0.39, 0.29) is 6.54 Å². The van der Waals surface area contributed by atoms with Gasteiger partial charge in [0.05, 0.1) is 13.2 Å². The lowest BCUT2D eigenvalue weighted by Crippen LogP contribution is -2.53. The highest BCUT2D eigenvalue weighted by atomic mass is 16.6. The number of carbonyl (C=O) groups excluding carboxylic acids is 1. The number of aliphatic hydroxyl groups is 3. The summed E-state index contributed by atoms with van der Waals surface area (Å²) in [6.07, 6.45) is 0.0771. The van der Waals surface area contributed by atoms with Crippen LogP contribution in [0.25, 0.3) is 0 Å². The van der Waals surface area contributed by atoms with Gasteiger partial charge < -0.3 is 25.8 Å². The standard InChI is InChI=1S/C11H16N2O5/c12-10(17)11(2-1-3-13-5-11)9-8(16)7(15)6(4-14)18-9/h1-3,6-9,14-16H,4-5H2,(H2,12,17)/t6-,7-,8-,9?,11?/m1/s1. The molecule has 0 bridgehead atoms. The first-order valence-corrected chi connectivity index (χ1v) is 5.63. The zero-order valence-corrected chi connectivity index (χ0v) is 9.64. The molecule has 0 spiro atoms. The molecule has 5 N–H and O–H groups in total. The van der Waals surface area contributed by atoms with Crippen molar-refractivity contribution >= 4 is 12.1 Å². The molecular weight excluding hydrogens is 240 g/mol. The van der Waals surface area contributed by atoms with Crippen LogP contribution in [0.2, 0.25) is 0 Å². The zero-order chi connectivity index (χ0) is 13.3. The fourth-order valence-electron chi connectivity index (χ4n) is 2.34. The molecule has 2 rings (SSSR count). The van der Waals surface area contributed by atoms with Gasteiger partial charge in [-0.2, -0.15) is 0 Å². The highest BCUT2D eigenvalue weighted by Gasteiger charge is 2.55. The van der Waals surface area contributed by atoms with E-state index < -0.39 is 42.3 Å². The Morgan fingerprint density at radius 2 is 2.22 bits per heavy atom. The summed E-state index contributed by atoms with van der Waals surface area (Å²) in [6, 6.07) is 0. The normalized spacial score (nSPS) is 43.3. The number of dihydropyridines is 1. The molecule has 1 amide bonds. The molecule has 2 aliphatic rings. The molecule has 0 radical (unpaired) electrons. The second-order valence-corrected chi connectivity index (χ2v) is 4.51. The Balaban J connectivity index is 2.31. The molecule has 0 aromatic carbocycles. The van der Waals surface area contributed by atoms with Crippen molar-refractivity contribution in [2.75, 3.05) is 13.2 Å². The van der Waals surface area contributed by atoms with Crippen molar-refractivity contribution < 1.29 is 24.9 Å². The van der Waals surface area contributed by atoms with E-state index in [1.165, 1.54) is 12.3 Å². The van der Waals surface area contributed by atoms with Crippen LogP contribution < -0.4 is 5.73 Å². The van der Waals surface area contributed by atoms with Crippen LogP contribution in [0.1, 0.15) is 0 Å².